The van der Waals surface area contributed by atoms with E-state index in [9.17, 15) is 13.2 Å². The van der Waals surface area contributed by atoms with Gasteiger partial charge in [-0.1, -0.05) is 60.1 Å². The zero-order valence-corrected chi connectivity index (χ0v) is 24.5. The maximum Gasteiger partial charge on any atom is 0.271 e. The molecule has 0 saturated heterocycles. The number of anilines is 1. The van der Waals surface area contributed by atoms with Gasteiger partial charge in [-0.15, -0.1) is 0 Å². The molecular weight excluding hydrogens is 633 g/mol. The monoisotopic (exact) mass is 657 g/mol. The van der Waals surface area contributed by atoms with Gasteiger partial charge in [-0.05, 0) is 102 Å². The van der Waals surface area contributed by atoms with E-state index >= 15 is 0 Å². The molecule has 0 aliphatic heterocycles. The third-order valence-corrected chi connectivity index (χ3v) is 8.63. The van der Waals surface area contributed by atoms with Crippen LogP contribution in [0.25, 0.3) is 0 Å². The second-order valence-corrected chi connectivity index (χ2v) is 12.1. The minimum Gasteiger partial charge on any atom is -0.267 e. The Balaban J connectivity index is 1.57. The molecule has 9 heteroatoms. The molecule has 194 valence electrons. The minimum atomic E-state index is -3.89. The highest BCUT2D eigenvalue weighted by Gasteiger charge is 2.26. The summed E-state index contributed by atoms with van der Waals surface area (Å²) < 4.78 is 29.8. The summed E-state index contributed by atoms with van der Waals surface area (Å²) in [6.45, 7) is 3.72. The number of aryl methyl sites for hydroxylation is 1. The van der Waals surface area contributed by atoms with Gasteiger partial charge in [-0.25, -0.2) is 13.8 Å². The van der Waals surface area contributed by atoms with E-state index in [0.29, 0.717) is 27.5 Å². The van der Waals surface area contributed by atoms with Crippen LogP contribution in [0.15, 0.2) is 107 Å². The first-order chi connectivity index (χ1) is 18.1. The van der Waals surface area contributed by atoms with Gasteiger partial charge in [0.25, 0.3) is 15.9 Å². The summed E-state index contributed by atoms with van der Waals surface area (Å²) in [4.78, 5) is 12.9. The molecule has 1 amide bonds. The Bertz CT molecular complexity index is 1570. The van der Waals surface area contributed by atoms with Crippen LogP contribution in [0, 0.1) is 10.5 Å². The number of hydrogen-bond donors (Lipinski definition) is 1. The van der Waals surface area contributed by atoms with E-state index in [1.54, 1.807) is 72.8 Å². The standard InChI is InChI=1S/C29H25ClIN3O3S/c1-20-8-15-25(30)18-28(20)34(38(36,37)27-6-4-3-5-7-27)19-22-9-11-24(12-10-22)29(35)33-32-21(2)23-13-16-26(31)17-14-23/h3-18H,19H2,1-2H3,(H,33,35)/b32-21-. The molecule has 0 unspecified atom stereocenters. The summed E-state index contributed by atoms with van der Waals surface area (Å²) in [6.07, 6.45) is 0. The molecule has 38 heavy (non-hydrogen) atoms. The Labute approximate surface area is 241 Å². The minimum absolute atomic E-state index is 0.0599. The number of benzene rings is 4. The Morgan fingerprint density at radius 3 is 2.21 bits per heavy atom. The van der Waals surface area contributed by atoms with E-state index in [0.717, 1.165) is 14.7 Å². The molecule has 0 heterocycles. The van der Waals surface area contributed by atoms with Crippen LogP contribution in [-0.4, -0.2) is 20.0 Å². The van der Waals surface area contributed by atoms with Crippen molar-refractivity contribution in [2.75, 3.05) is 4.31 Å². The first kappa shape index (κ1) is 27.8. The topological polar surface area (TPSA) is 78.8 Å². The SMILES string of the molecule is C/C(=N/NC(=O)c1ccc(CN(c2cc(Cl)ccc2C)S(=O)(=O)c2ccccc2)cc1)c1ccc(I)cc1. The average molecular weight is 658 g/mol. The predicted octanol–water partition coefficient (Wildman–Crippen LogP) is 6.80. The van der Waals surface area contributed by atoms with E-state index in [4.69, 9.17) is 11.6 Å². The van der Waals surface area contributed by atoms with Gasteiger partial charge in [0.15, 0.2) is 0 Å². The molecule has 0 atom stereocenters. The Morgan fingerprint density at radius 1 is 0.921 bits per heavy atom. The van der Waals surface area contributed by atoms with Crippen molar-refractivity contribution in [3.63, 3.8) is 0 Å². The second kappa shape index (κ2) is 12.1. The zero-order chi connectivity index (χ0) is 27.3. The number of hydrogen-bond acceptors (Lipinski definition) is 4. The van der Waals surface area contributed by atoms with Crippen LogP contribution < -0.4 is 9.73 Å². The first-order valence-corrected chi connectivity index (χ1v) is 14.6. The number of rotatable bonds is 8. The summed E-state index contributed by atoms with van der Waals surface area (Å²) in [5, 5.41) is 4.65. The van der Waals surface area contributed by atoms with Crippen LogP contribution >= 0.6 is 34.2 Å². The predicted molar refractivity (Wildman–Crippen MR) is 161 cm³/mol. The number of carbonyl (C=O) groups is 1. The number of nitrogens with one attached hydrogen (secondary N) is 1. The lowest BCUT2D eigenvalue weighted by Crippen LogP contribution is -2.31. The molecule has 0 spiro atoms. The average Bonchev–Trinajstić information content (AvgIpc) is 2.92. The lowest BCUT2D eigenvalue weighted by molar-refractivity contribution is 0.0955. The lowest BCUT2D eigenvalue weighted by Gasteiger charge is -2.26. The van der Waals surface area contributed by atoms with Crippen LogP contribution in [-0.2, 0) is 16.6 Å². The van der Waals surface area contributed by atoms with E-state index in [-0.39, 0.29) is 17.3 Å². The third kappa shape index (κ3) is 6.61. The van der Waals surface area contributed by atoms with Gasteiger partial charge < -0.3 is 0 Å². The third-order valence-electron chi connectivity index (χ3n) is 5.90. The molecule has 0 aliphatic rings. The number of carbonyl (C=O) groups excluding carboxylic acids is 1. The number of sulfonamides is 1. The van der Waals surface area contributed by atoms with Gasteiger partial charge in [0.05, 0.1) is 22.8 Å². The van der Waals surface area contributed by atoms with E-state index in [2.05, 4.69) is 33.1 Å². The molecule has 0 aromatic heterocycles. The maximum absolute atomic E-state index is 13.7. The Morgan fingerprint density at radius 2 is 1.55 bits per heavy atom. The molecule has 0 radical (unpaired) electrons. The summed E-state index contributed by atoms with van der Waals surface area (Å²) in [7, 11) is -3.89. The van der Waals surface area contributed by atoms with Crippen molar-refractivity contribution in [2.24, 2.45) is 5.10 Å². The van der Waals surface area contributed by atoms with Crippen molar-refractivity contribution in [2.45, 2.75) is 25.3 Å². The molecule has 4 aromatic rings. The number of halogens is 2. The number of hydrazone groups is 1. The highest BCUT2D eigenvalue weighted by atomic mass is 127. The van der Waals surface area contributed by atoms with Gasteiger partial charge in [0.2, 0.25) is 0 Å². The van der Waals surface area contributed by atoms with Crippen LogP contribution in [0.5, 0.6) is 0 Å². The van der Waals surface area contributed by atoms with E-state index in [1.165, 1.54) is 4.31 Å². The van der Waals surface area contributed by atoms with Crippen molar-refractivity contribution in [3.05, 3.63) is 128 Å². The summed E-state index contributed by atoms with van der Waals surface area (Å²) in [5.74, 6) is -0.360. The molecule has 1 N–H and O–H groups in total. The fourth-order valence-corrected chi connectivity index (χ4v) is 5.81. The highest BCUT2D eigenvalue weighted by Crippen LogP contribution is 2.31. The van der Waals surface area contributed by atoms with Gasteiger partial charge in [0, 0.05) is 14.2 Å². The maximum atomic E-state index is 13.7. The van der Waals surface area contributed by atoms with Crippen molar-refractivity contribution >= 4 is 61.5 Å². The quantitative estimate of drug-likeness (QED) is 0.129. The van der Waals surface area contributed by atoms with Gasteiger partial charge in [-0.3, -0.25) is 9.10 Å². The van der Waals surface area contributed by atoms with Crippen LogP contribution in [0.2, 0.25) is 5.02 Å². The fraction of sp³-hybridized carbons (Fsp3) is 0.103. The Kier molecular flexibility index (Phi) is 8.86. The zero-order valence-electron chi connectivity index (χ0n) is 20.7. The summed E-state index contributed by atoms with van der Waals surface area (Å²) >= 11 is 8.47. The van der Waals surface area contributed by atoms with Crippen LogP contribution in [0.3, 0.4) is 0 Å². The molecule has 0 saturated carbocycles. The summed E-state index contributed by atoms with van der Waals surface area (Å²) in [6, 6.07) is 28.0. The van der Waals surface area contributed by atoms with E-state index < -0.39 is 10.0 Å². The fourth-order valence-electron chi connectivity index (χ4n) is 3.75. The first-order valence-electron chi connectivity index (χ1n) is 11.7. The molecule has 0 bridgehead atoms. The number of amides is 1. The normalized spacial score (nSPS) is 11.7. The van der Waals surface area contributed by atoms with Crippen molar-refractivity contribution in [1.29, 1.82) is 0 Å². The smallest absolute Gasteiger partial charge is 0.267 e. The van der Waals surface area contributed by atoms with Gasteiger partial charge >= 0.3 is 0 Å². The van der Waals surface area contributed by atoms with E-state index in [1.807, 2.05) is 38.1 Å². The van der Waals surface area contributed by atoms with Gasteiger partial charge in [0.1, 0.15) is 0 Å². The highest BCUT2D eigenvalue weighted by molar-refractivity contribution is 14.1. The Hall–Kier alpha value is -3.21. The van der Waals surface area contributed by atoms with Crippen LogP contribution in [0.4, 0.5) is 5.69 Å². The van der Waals surface area contributed by atoms with Crippen LogP contribution in [0.1, 0.15) is 34.0 Å². The van der Waals surface area contributed by atoms with Crippen molar-refractivity contribution in [3.8, 4) is 0 Å². The largest absolute Gasteiger partial charge is 0.271 e. The molecular formula is C29H25ClIN3O3S. The second-order valence-electron chi connectivity index (χ2n) is 8.60. The van der Waals surface area contributed by atoms with Crippen molar-refractivity contribution in [1.82, 2.24) is 5.43 Å². The van der Waals surface area contributed by atoms with Crippen molar-refractivity contribution < 1.29 is 13.2 Å². The molecule has 0 aliphatic carbocycles. The molecule has 0 fully saturated rings. The molecule has 4 aromatic carbocycles. The van der Waals surface area contributed by atoms with Gasteiger partial charge in [-0.2, -0.15) is 5.10 Å². The number of nitrogens with zero attached hydrogens (tertiary/aromatic N) is 2. The molecule has 4 rings (SSSR count). The molecule has 6 nitrogen and oxygen atoms in total. The lowest BCUT2D eigenvalue weighted by atomic mass is 10.1. The summed E-state index contributed by atoms with van der Waals surface area (Å²) in [5.41, 5.74) is 6.56.